The molecule has 0 radical (unpaired) electrons. The van der Waals surface area contributed by atoms with Crippen LogP contribution < -0.4 is 10.6 Å². The molecule has 2 aromatic rings. The van der Waals surface area contributed by atoms with Crippen LogP contribution in [0.4, 0.5) is 5.69 Å². The predicted octanol–water partition coefficient (Wildman–Crippen LogP) is 3.31. The van der Waals surface area contributed by atoms with Gasteiger partial charge in [-0.25, -0.2) is 4.98 Å². The van der Waals surface area contributed by atoms with Gasteiger partial charge >= 0.3 is 0 Å². The summed E-state index contributed by atoms with van der Waals surface area (Å²) in [5.74, 6) is 0. The summed E-state index contributed by atoms with van der Waals surface area (Å²) in [6.07, 6.45) is 0. The monoisotopic (exact) mass is 325 g/mol. The van der Waals surface area contributed by atoms with E-state index in [1.165, 1.54) is 10.6 Å². The predicted molar refractivity (Wildman–Crippen MR) is 81.0 cm³/mol. The Hall–Kier alpha value is -0.910. The number of thiazole rings is 1. The van der Waals surface area contributed by atoms with Gasteiger partial charge in [0.25, 0.3) is 0 Å². The number of nitrogens with zero attached hydrogens (tertiary/aromatic N) is 2. The maximum absolute atomic E-state index is 5.63. The Labute approximate surface area is 120 Å². The fourth-order valence-electron chi connectivity index (χ4n) is 1.77. The highest BCUT2D eigenvalue weighted by molar-refractivity contribution is 9.10. The van der Waals surface area contributed by atoms with Gasteiger partial charge in [0, 0.05) is 22.9 Å². The Morgan fingerprint density at radius 3 is 2.78 bits per heavy atom. The van der Waals surface area contributed by atoms with Crippen LogP contribution in [-0.4, -0.2) is 12.0 Å². The molecule has 0 atom stereocenters. The molecule has 0 bridgehead atoms. The van der Waals surface area contributed by atoms with Gasteiger partial charge in [-0.05, 0) is 40.5 Å². The molecule has 0 amide bonds. The third-order valence-electron chi connectivity index (χ3n) is 2.88. The van der Waals surface area contributed by atoms with Gasteiger partial charge in [-0.15, -0.1) is 11.3 Å². The van der Waals surface area contributed by atoms with Gasteiger partial charge in [0.15, 0.2) is 0 Å². The molecule has 1 aromatic carbocycles. The highest BCUT2D eigenvalue weighted by Gasteiger charge is 2.09. The van der Waals surface area contributed by atoms with Crippen molar-refractivity contribution in [3.05, 3.63) is 44.3 Å². The lowest BCUT2D eigenvalue weighted by Crippen LogP contribution is -2.16. The lowest BCUT2D eigenvalue weighted by atomic mass is 10.2. The lowest BCUT2D eigenvalue weighted by Gasteiger charge is -2.20. The zero-order valence-corrected chi connectivity index (χ0v) is 12.9. The second-order valence-electron chi connectivity index (χ2n) is 4.21. The second-order valence-corrected chi connectivity index (χ2v) is 6.00. The van der Waals surface area contributed by atoms with Crippen molar-refractivity contribution in [2.75, 3.05) is 11.9 Å². The fourth-order valence-corrected chi connectivity index (χ4v) is 3.32. The van der Waals surface area contributed by atoms with E-state index in [9.17, 15) is 0 Å². The largest absolute Gasteiger partial charge is 0.368 e. The Kier molecular flexibility index (Phi) is 4.37. The maximum atomic E-state index is 5.63. The minimum absolute atomic E-state index is 0.566. The zero-order chi connectivity index (χ0) is 13.1. The van der Waals surface area contributed by atoms with Crippen LogP contribution in [0.5, 0.6) is 0 Å². The number of aryl methyl sites for hydroxylation is 1. The third kappa shape index (κ3) is 2.91. The number of hydrogen-bond acceptors (Lipinski definition) is 4. The zero-order valence-electron chi connectivity index (χ0n) is 10.5. The number of hydrogen-bond donors (Lipinski definition) is 1. The number of halogens is 1. The molecule has 5 heteroatoms. The summed E-state index contributed by atoms with van der Waals surface area (Å²) in [7, 11) is 2.08. The van der Waals surface area contributed by atoms with Crippen LogP contribution in [0.15, 0.2) is 28.2 Å². The van der Waals surface area contributed by atoms with Gasteiger partial charge in [0.2, 0.25) is 0 Å². The molecule has 0 aliphatic heterocycles. The van der Waals surface area contributed by atoms with Crippen LogP contribution in [0, 0.1) is 6.92 Å². The minimum atomic E-state index is 0.566. The van der Waals surface area contributed by atoms with Crippen LogP contribution in [0.2, 0.25) is 0 Å². The smallest absolute Gasteiger partial charge is 0.0798 e. The van der Waals surface area contributed by atoms with Crippen LogP contribution in [0.25, 0.3) is 0 Å². The molecule has 0 saturated carbocycles. The molecule has 18 heavy (non-hydrogen) atoms. The molecular weight excluding hydrogens is 310 g/mol. The number of anilines is 1. The first-order valence-electron chi connectivity index (χ1n) is 5.70. The lowest BCUT2D eigenvalue weighted by molar-refractivity contribution is 0.921. The van der Waals surface area contributed by atoms with Crippen LogP contribution in [-0.2, 0) is 13.1 Å². The third-order valence-corrected chi connectivity index (χ3v) is 4.44. The maximum Gasteiger partial charge on any atom is 0.0798 e. The summed E-state index contributed by atoms with van der Waals surface area (Å²) >= 11 is 5.30. The van der Waals surface area contributed by atoms with Gasteiger partial charge in [0.05, 0.1) is 23.4 Å². The van der Waals surface area contributed by atoms with E-state index < -0.39 is 0 Å². The average Bonchev–Trinajstić information content (AvgIpc) is 2.74. The van der Waals surface area contributed by atoms with Crippen molar-refractivity contribution in [1.82, 2.24) is 4.98 Å². The van der Waals surface area contributed by atoms with Crippen LogP contribution in [0.1, 0.15) is 16.1 Å². The van der Waals surface area contributed by atoms with Crippen LogP contribution in [0.3, 0.4) is 0 Å². The highest BCUT2D eigenvalue weighted by atomic mass is 79.9. The Bertz CT molecular complexity index is 539. The van der Waals surface area contributed by atoms with E-state index >= 15 is 0 Å². The van der Waals surface area contributed by atoms with E-state index in [1.54, 1.807) is 11.3 Å². The molecule has 2 rings (SSSR count). The van der Waals surface area contributed by atoms with E-state index in [-0.39, 0.29) is 0 Å². The summed E-state index contributed by atoms with van der Waals surface area (Å²) in [6.45, 7) is 3.49. The SMILES string of the molecule is Cc1ncsc1CN(C)c1ccc(CN)cc1Br. The average molecular weight is 326 g/mol. The molecule has 3 nitrogen and oxygen atoms in total. The number of nitrogens with two attached hydrogens (primary N) is 1. The Balaban J connectivity index is 2.19. The summed E-state index contributed by atoms with van der Waals surface area (Å²) in [4.78, 5) is 7.79. The first-order valence-corrected chi connectivity index (χ1v) is 7.37. The molecule has 1 aromatic heterocycles. The van der Waals surface area contributed by atoms with E-state index in [4.69, 9.17) is 5.73 Å². The first kappa shape index (κ1) is 13.5. The molecule has 0 spiro atoms. The van der Waals surface area contributed by atoms with Crippen molar-refractivity contribution in [2.45, 2.75) is 20.0 Å². The summed E-state index contributed by atoms with van der Waals surface area (Å²) in [5.41, 5.74) is 10.9. The molecule has 1 heterocycles. The number of rotatable bonds is 4. The van der Waals surface area contributed by atoms with Crippen LogP contribution >= 0.6 is 27.3 Å². The molecule has 0 unspecified atom stereocenters. The summed E-state index contributed by atoms with van der Waals surface area (Å²) < 4.78 is 1.08. The van der Waals surface area contributed by atoms with E-state index in [1.807, 2.05) is 12.4 Å². The molecule has 0 fully saturated rings. The van der Waals surface area contributed by atoms with E-state index in [2.05, 4.69) is 51.1 Å². The standard InChI is InChI=1S/C13H16BrN3S/c1-9-13(18-8-16-9)7-17(2)12-4-3-10(6-15)5-11(12)14/h3-5,8H,6-7,15H2,1-2H3. The van der Waals surface area contributed by atoms with Crippen molar-refractivity contribution < 1.29 is 0 Å². The molecule has 2 N–H and O–H groups in total. The Morgan fingerprint density at radius 1 is 1.44 bits per heavy atom. The van der Waals surface area contributed by atoms with E-state index in [0.29, 0.717) is 6.54 Å². The molecule has 0 aliphatic carbocycles. The second kappa shape index (κ2) is 5.82. The van der Waals surface area contributed by atoms with Crippen molar-refractivity contribution in [3.8, 4) is 0 Å². The fraction of sp³-hybridized carbons (Fsp3) is 0.308. The van der Waals surface area contributed by atoms with Gasteiger partial charge < -0.3 is 10.6 Å². The Morgan fingerprint density at radius 2 is 2.22 bits per heavy atom. The molecule has 96 valence electrons. The van der Waals surface area contributed by atoms with E-state index in [0.717, 1.165) is 22.3 Å². The van der Waals surface area contributed by atoms with Gasteiger partial charge in [-0.2, -0.15) is 0 Å². The quantitative estimate of drug-likeness (QED) is 0.937. The molecule has 0 aliphatic rings. The normalized spacial score (nSPS) is 10.7. The highest BCUT2D eigenvalue weighted by Crippen LogP contribution is 2.28. The molecule has 0 saturated heterocycles. The minimum Gasteiger partial charge on any atom is -0.368 e. The summed E-state index contributed by atoms with van der Waals surface area (Å²) in [5, 5.41) is 0. The first-order chi connectivity index (χ1) is 8.61. The topological polar surface area (TPSA) is 42.2 Å². The van der Waals surface area contributed by atoms with Gasteiger partial charge in [-0.3, -0.25) is 0 Å². The van der Waals surface area contributed by atoms with Gasteiger partial charge in [0.1, 0.15) is 0 Å². The van der Waals surface area contributed by atoms with Gasteiger partial charge in [-0.1, -0.05) is 6.07 Å². The van der Waals surface area contributed by atoms with Crippen molar-refractivity contribution in [3.63, 3.8) is 0 Å². The molecular formula is C13H16BrN3S. The van der Waals surface area contributed by atoms with Crippen molar-refractivity contribution >= 4 is 33.0 Å². The summed E-state index contributed by atoms with van der Waals surface area (Å²) in [6, 6.07) is 6.24. The number of aromatic nitrogens is 1. The van der Waals surface area contributed by atoms with Crippen molar-refractivity contribution in [2.24, 2.45) is 5.73 Å². The number of benzene rings is 1. The van der Waals surface area contributed by atoms with Crippen molar-refractivity contribution in [1.29, 1.82) is 0 Å².